The summed E-state index contributed by atoms with van der Waals surface area (Å²) in [6, 6.07) is 78.6. The third kappa shape index (κ3) is 5.76. The Morgan fingerprint density at radius 1 is 0.317 bits per heavy atom. The molecule has 2 heterocycles. The molecule has 0 unspecified atom stereocenters. The molecule has 4 heteroatoms. The van der Waals surface area contributed by atoms with E-state index >= 15 is 0 Å². The van der Waals surface area contributed by atoms with Crippen LogP contribution < -0.4 is 9.80 Å². The first-order valence-corrected chi connectivity index (χ1v) is 21.1. The molecule has 1 aliphatic rings. The van der Waals surface area contributed by atoms with Crippen molar-refractivity contribution in [1.29, 1.82) is 0 Å². The van der Waals surface area contributed by atoms with E-state index in [2.05, 4.69) is 216 Å². The topological polar surface area (TPSA) is 19.6 Å². The van der Waals surface area contributed by atoms with E-state index < -0.39 is 0 Å². The van der Waals surface area contributed by atoms with Gasteiger partial charge in [-0.05, 0) is 135 Å². The molecule has 1 aromatic heterocycles. The Balaban J connectivity index is 0.925. The van der Waals surface area contributed by atoms with Crippen molar-refractivity contribution in [3.8, 4) is 22.3 Å². The number of hydrogen-bond donors (Lipinski definition) is 0. The lowest BCUT2D eigenvalue weighted by atomic mass is 9.91. The Hall–Kier alpha value is -7.53. The highest BCUT2D eigenvalue weighted by Crippen LogP contribution is 2.52. The van der Waals surface area contributed by atoms with Crippen molar-refractivity contribution in [2.45, 2.75) is 9.79 Å². The third-order valence-corrected chi connectivity index (χ3v) is 12.9. The SMILES string of the molecule is c1ccc(N(c2ccccc2)c2ccc(-c3ccc4cc5c6c(cccc6c4c3)Sc3cc(N(c4ccccc4)c4ccc6c(c4)oc4ccccc46)ccc3-5)cc2)cc1. The molecule has 10 aromatic carbocycles. The minimum Gasteiger partial charge on any atom is -0.456 e. The van der Waals surface area contributed by atoms with E-state index in [-0.39, 0.29) is 0 Å². The van der Waals surface area contributed by atoms with E-state index in [1.54, 1.807) is 0 Å². The monoisotopic (exact) mass is 784 g/mol. The van der Waals surface area contributed by atoms with Gasteiger partial charge in [0.25, 0.3) is 0 Å². The summed E-state index contributed by atoms with van der Waals surface area (Å²) < 4.78 is 6.36. The van der Waals surface area contributed by atoms with Crippen LogP contribution in [0, 0.1) is 0 Å². The van der Waals surface area contributed by atoms with Gasteiger partial charge in [-0.25, -0.2) is 0 Å². The van der Waals surface area contributed by atoms with Gasteiger partial charge in [-0.15, -0.1) is 0 Å². The maximum atomic E-state index is 6.36. The number of benzene rings is 10. The zero-order chi connectivity index (χ0) is 39.6. The molecule has 1 aliphatic heterocycles. The van der Waals surface area contributed by atoms with E-state index in [9.17, 15) is 0 Å². The van der Waals surface area contributed by atoms with E-state index in [4.69, 9.17) is 4.42 Å². The number of anilines is 6. The second-order valence-electron chi connectivity index (χ2n) is 15.3. The fraction of sp³-hybridized carbons (Fsp3) is 0. The van der Waals surface area contributed by atoms with Crippen LogP contribution in [-0.4, -0.2) is 0 Å². The highest BCUT2D eigenvalue weighted by atomic mass is 32.2. The number of para-hydroxylation sites is 4. The maximum absolute atomic E-state index is 6.36. The summed E-state index contributed by atoms with van der Waals surface area (Å²) >= 11 is 1.86. The highest BCUT2D eigenvalue weighted by Gasteiger charge is 2.24. The van der Waals surface area contributed by atoms with E-state index in [1.165, 1.54) is 53.6 Å². The molecule has 0 aliphatic carbocycles. The standard InChI is InChI=1S/C56H36N2OS/c1-4-13-40(14-5-1)57(41-15-6-2-7-16-41)43-27-25-37(26-28-43)38-23-24-39-34-51-48-32-30-45(36-55(48)60-54-22-12-20-49(56(51)54)50(39)33-38)58(42-17-8-3-9-18-42)44-29-31-47-46-19-10-11-21-52(46)59-53(47)35-44/h1-36H. The normalized spacial score (nSPS) is 11.9. The fourth-order valence-electron chi connectivity index (χ4n) is 9.01. The molecular formula is C56H36N2OS. The highest BCUT2D eigenvalue weighted by molar-refractivity contribution is 7.99. The van der Waals surface area contributed by atoms with Crippen LogP contribution in [0.25, 0.3) is 65.7 Å². The summed E-state index contributed by atoms with van der Waals surface area (Å²) in [6.45, 7) is 0. The Bertz CT molecular complexity index is 3360. The zero-order valence-electron chi connectivity index (χ0n) is 32.5. The number of hydrogen-bond acceptors (Lipinski definition) is 4. The largest absolute Gasteiger partial charge is 0.456 e. The van der Waals surface area contributed by atoms with Crippen molar-refractivity contribution in [2.75, 3.05) is 9.80 Å². The summed E-state index contributed by atoms with van der Waals surface area (Å²) in [5, 5.41) is 7.37. The van der Waals surface area contributed by atoms with Gasteiger partial charge >= 0.3 is 0 Å². The van der Waals surface area contributed by atoms with Crippen molar-refractivity contribution in [3.63, 3.8) is 0 Å². The molecule has 0 radical (unpaired) electrons. The third-order valence-electron chi connectivity index (χ3n) is 11.8. The number of fused-ring (bicyclic) bond motifs is 7. The summed E-state index contributed by atoms with van der Waals surface area (Å²) in [4.78, 5) is 7.16. The average molecular weight is 785 g/mol. The Kier molecular flexibility index (Phi) is 8.10. The average Bonchev–Trinajstić information content (AvgIpc) is 3.68. The van der Waals surface area contributed by atoms with Crippen molar-refractivity contribution in [3.05, 3.63) is 218 Å². The van der Waals surface area contributed by atoms with Gasteiger partial charge in [0, 0.05) is 66.1 Å². The fourth-order valence-corrected chi connectivity index (χ4v) is 10.2. The van der Waals surface area contributed by atoms with Crippen LogP contribution in [0.3, 0.4) is 0 Å². The lowest BCUT2D eigenvalue weighted by Crippen LogP contribution is -2.10. The second kappa shape index (κ2) is 14.1. The first-order chi connectivity index (χ1) is 29.7. The number of rotatable bonds is 7. The molecule has 0 fully saturated rings. The minimum atomic E-state index is 0.882. The molecule has 282 valence electrons. The van der Waals surface area contributed by atoms with Crippen LogP contribution in [0.2, 0.25) is 0 Å². The smallest absolute Gasteiger partial charge is 0.137 e. The molecule has 3 nitrogen and oxygen atoms in total. The Labute approximate surface area is 352 Å². The van der Waals surface area contributed by atoms with Crippen molar-refractivity contribution in [2.24, 2.45) is 0 Å². The molecule has 0 atom stereocenters. The first kappa shape index (κ1) is 34.5. The van der Waals surface area contributed by atoms with Gasteiger partial charge < -0.3 is 14.2 Å². The summed E-state index contributed by atoms with van der Waals surface area (Å²) in [5.74, 6) is 0. The summed E-state index contributed by atoms with van der Waals surface area (Å²) in [7, 11) is 0. The molecule has 60 heavy (non-hydrogen) atoms. The number of furan rings is 1. The van der Waals surface area contributed by atoms with Crippen LogP contribution in [0.15, 0.2) is 233 Å². The van der Waals surface area contributed by atoms with Gasteiger partial charge in [0.15, 0.2) is 0 Å². The second-order valence-corrected chi connectivity index (χ2v) is 16.4. The number of nitrogens with zero attached hydrogens (tertiary/aromatic N) is 2. The van der Waals surface area contributed by atoms with E-state index in [0.717, 1.165) is 56.1 Å². The van der Waals surface area contributed by atoms with Crippen molar-refractivity contribution in [1.82, 2.24) is 0 Å². The predicted octanol–water partition coefficient (Wildman–Crippen LogP) is 16.6. The molecule has 0 N–H and O–H groups in total. The van der Waals surface area contributed by atoms with Crippen LogP contribution >= 0.6 is 11.8 Å². The van der Waals surface area contributed by atoms with Crippen LogP contribution in [-0.2, 0) is 0 Å². The van der Waals surface area contributed by atoms with Crippen LogP contribution in [0.5, 0.6) is 0 Å². The Morgan fingerprint density at radius 3 is 1.62 bits per heavy atom. The molecule has 0 amide bonds. The zero-order valence-corrected chi connectivity index (χ0v) is 33.3. The maximum Gasteiger partial charge on any atom is 0.137 e. The summed E-state index contributed by atoms with van der Waals surface area (Å²) in [5.41, 5.74) is 13.4. The molecule has 0 saturated carbocycles. The van der Waals surface area contributed by atoms with Gasteiger partial charge in [-0.1, -0.05) is 127 Å². The van der Waals surface area contributed by atoms with Gasteiger partial charge in [0.1, 0.15) is 11.2 Å². The lowest BCUT2D eigenvalue weighted by Gasteiger charge is -2.28. The van der Waals surface area contributed by atoms with Crippen LogP contribution in [0.1, 0.15) is 0 Å². The van der Waals surface area contributed by atoms with Crippen molar-refractivity contribution < 1.29 is 4.42 Å². The predicted molar refractivity (Wildman–Crippen MR) is 253 cm³/mol. The quantitative estimate of drug-likeness (QED) is 0.150. The molecule has 12 rings (SSSR count). The van der Waals surface area contributed by atoms with Crippen LogP contribution in [0.4, 0.5) is 34.1 Å². The van der Waals surface area contributed by atoms with Gasteiger partial charge in [-0.2, -0.15) is 0 Å². The Morgan fingerprint density at radius 2 is 0.883 bits per heavy atom. The van der Waals surface area contributed by atoms with E-state index in [1.807, 2.05) is 23.9 Å². The molecule has 0 saturated heterocycles. The van der Waals surface area contributed by atoms with E-state index in [0.29, 0.717) is 0 Å². The molecule has 0 bridgehead atoms. The first-order valence-electron chi connectivity index (χ1n) is 20.3. The van der Waals surface area contributed by atoms with Gasteiger partial charge in [0.05, 0.1) is 0 Å². The molecule has 11 aromatic rings. The minimum absolute atomic E-state index is 0.882. The van der Waals surface area contributed by atoms with Gasteiger partial charge in [-0.3, -0.25) is 0 Å². The van der Waals surface area contributed by atoms with Gasteiger partial charge in [0.2, 0.25) is 0 Å². The molecule has 0 spiro atoms. The molecular weight excluding hydrogens is 749 g/mol. The summed E-state index contributed by atoms with van der Waals surface area (Å²) in [6.07, 6.45) is 0. The van der Waals surface area contributed by atoms with Crippen molar-refractivity contribution >= 4 is 89.4 Å². The lowest BCUT2D eigenvalue weighted by molar-refractivity contribution is 0.669.